The fourth-order valence-electron chi connectivity index (χ4n) is 2.59. The lowest BCUT2D eigenvalue weighted by molar-refractivity contribution is 0.0951. The Labute approximate surface area is 141 Å². The third-order valence-electron chi connectivity index (χ3n) is 4.20. The van der Waals surface area contributed by atoms with Crippen LogP contribution in [0, 0.1) is 12.8 Å². The van der Waals surface area contributed by atoms with E-state index in [0.29, 0.717) is 34.8 Å². The van der Waals surface area contributed by atoms with Crippen LogP contribution in [-0.4, -0.2) is 28.6 Å². The molecule has 3 N–H and O–H groups in total. The molecule has 1 saturated carbocycles. The number of hydrogen-bond donors (Lipinski definition) is 2. The van der Waals surface area contributed by atoms with Gasteiger partial charge in [-0.1, -0.05) is 19.0 Å². The van der Waals surface area contributed by atoms with Crippen LogP contribution in [0.4, 0.5) is 0 Å². The lowest BCUT2D eigenvalue weighted by Crippen LogP contribution is -2.38. The first-order valence-electron chi connectivity index (χ1n) is 7.78. The van der Waals surface area contributed by atoms with E-state index in [1.807, 2.05) is 26.8 Å². The van der Waals surface area contributed by atoms with Crippen molar-refractivity contribution in [2.24, 2.45) is 11.7 Å². The van der Waals surface area contributed by atoms with E-state index in [1.54, 1.807) is 0 Å². The lowest BCUT2D eigenvalue weighted by atomic mass is 10.0. The molecule has 1 fully saturated rings. The average Bonchev–Trinajstić information content (AvgIpc) is 3.28. The van der Waals surface area contributed by atoms with E-state index in [4.69, 9.17) is 10.3 Å². The molecule has 0 saturated heterocycles. The highest BCUT2D eigenvalue weighted by Gasteiger charge is 2.29. The van der Waals surface area contributed by atoms with Gasteiger partial charge in [0, 0.05) is 18.3 Å². The van der Waals surface area contributed by atoms with Crippen molar-refractivity contribution in [1.82, 2.24) is 15.5 Å². The molecule has 0 spiro atoms. The maximum absolute atomic E-state index is 12.6. The summed E-state index contributed by atoms with van der Waals surface area (Å²) in [7, 11) is 0. The number of hydrogen-bond acceptors (Lipinski definition) is 5. The molecule has 0 aromatic carbocycles. The Balaban J connectivity index is 0.00000192. The molecular formula is C16H23ClN4O2. The van der Waals surface area contributed by atoms with Crippen LogP contribution in [-0.2, 0) is 0 Å². The number of nitrogens with one attached hydrogen (secondary N) is 1. The number of nitrogens with zero attached hydrogens (tertiary/aromatic N) is 2. The van der Waals surface area contributed by atoms with Gasteiger partial charge in [-0.05, 0) is 37.7 Å². The number of pyridine rings is 1. The molecule has 1 atom stereocenters. The van der Waals surface area contributed by atoms with E-state index < -0.39 is 0 Å². The van der Waals surface area contributed by atoms with Crippen molar-refractivity contribution in [1.29, 1.82) is 0 Å². The van der Waals surface area contributed by atoms with Crippen molar-refractivity contribution < 1.29 is 9.32 Å². The number of rotatable bonds is 5. The molecule has 2 heterocycles. The maximum Gasteiger partial charge on any atom is 0.259 e. The van der Waals surface area contributed by atoms with Crippen molar-refractivity contribution in [3.8, 4) is 0 Å². The molecule has 2 aromatic heterocycles. The fraction of sp³-hybridized carbons (Fsp3) is 0.562. The van der Waals surface area contributed by atoms with Gasteiger partial charge in [0.2, 0.25) is 0 Å². The Bertz CT molecular complexity index is 709. The first-order chi connectivity index (χ1) is 10.5. The summed E-state index contributed by atoms with van der Waals surface area (Å²) in [5.74, 6) is 0.619. The maximum atomic E-state index is 12.6. The standard InChI is InChI=1S/C16H22N4O2.ClH/c1-8(2)13-6-11(14-9(3)20-22-16(14)19-13)15(21)18-7-12(17)10-4-5-10;/h6,8,10,12H,4-5,7,17H2,1-3H3,(H,18,21);1H. The summed E-state index contributed by atoms with van der Waals surface area (Å²) in [5.41, 5.74) is 8.53. The van der Waals surface area contributed by atoms with Gasteiger partial charge < -0.3 is 15.6 Å². The zero-order chi connectivity index (χ0) is 15.9. The quantitative estimate of drug-likeness (QED) is 0.873. The Morgan fingerprint density at radius 2 is 2.17 bits per heavy atom. The van der Waals surface area contributed by atoms with Gasteiger partial charge in [0.05, 0.1) is 16.6 Å². The second-order valence-corrected chi connectivity index (χ2v) is 6.41. The predicted molar refractivity (Wildman–Crippen MR) is 90.9 cm³/mol. The van der Waals surface area contributed by atoms with Crippen LogP contribution < -0.4 is 11.1 Å². The highest BCUT2D eigenvalue weighted by molar-refractivity contribution is 6.06. The summed E-state index contributed by atoms with van der Waals surface area (Å²) in [6, 6.07) is 1.87. The molecule has 0 bridgehead atoms. The normalized spacial score (nSPS) is 15.5. The number of carbonyl (C=O) groups excluding carboxylic acids is 1. The average molecular weight is 339 g/mol. The minimum absolute atomic E-state index is 0. The second kappa shape index (κ2) is 6.84. The van der Waals surface area contributed by atoms with Crippen LogP contribution in [0.3, 0.4) is 0 Å². The minimum atomic E-state index is -0.142. The van der Waals surface area contributed by atoms with Crippen LogP contribution in [0.5, 0.6) is 0 Å². The van der Waals surface area contributed by atoms with Gasteiger partial charge in [0.25, 0.3) is 11.6 Å². The zero-order valence-corrected chi connectivity index (χ0v) is 14.4. The number of carbonyl (C=O) groups is 1. The van der Waals surface area contributed by atoms with Gasteiger partial charge in [-0.3, -0.25) is 4.79 Å². The van der Waals surface area contributed by atoms with E-state index in [0.717, 1.165) is 5.69 Å². The number of aromatic nitrogens is 2. The summed E-state index contributed by atoms with van der Waals surface area (Å²) in [4.78, 5) is 17.0. The third kappa shape index (κ3) is 3.64. The summed E-state index contributed by atoms with van der Waals surface area (Å²) in [6.45, 7) is 6.37. The number of aryl methyl sites for hydroxylation is 1. The molecule has 0 aliphatic heterocycles. The summed E-state index contributed by atoms with van der Waals surface area (Å²) < 4.78 is 5.24. The summed E-state index contributed by atoms with van der Waals surface area (Å²) in [6.07, 6.45) is 2.33. The zero-order valence-electron chi connectivity index (χ0n) is 13.6. The molecule has 1 aliphatic rings. The van der Waals surface area contributed by atoms with Crippen molar-refractivity contribution in [2.45, 2.75) is 45.6 Å². The van der Waals surface area contributed by atoms with E-state index in [9.17, 15) is 4.79 Å². The molecule has 23 heavy (non-hydrogen) atoms. The minimum Gasteiger partial charge on any atom is -0.350 e. The van der Waals surface area contributed by atoms with Crippen LogP contribution in [0.25, 0.3) is 11.1 Å². The number of fused-ring (bicyclic) bond motifs is 1. The monoisotopic (exact) mass is 338 g/mol. The van der Waals surface area contributed by atoms with Gasteiger partial charge in [-0.2, -0.15) is 0 Å². The molecule has 0 radical (unpaired) electrons. The first kappa shape index (κ1) is 17.7. The fourth-order valence-corrected chi connectivity index (χ4v) is 2.59. The van der Waals surface area contributed by atoms with E-state index in [1.165, 1.54) is 12.8 Å². The van der Waals surface area contributed by atoms with Crippen LogP contribution >= 0.6 is 12.4 Å². The topological polar surface area (TPSA) is 94.0 Å². The molecule has 126 valence electrons. The summed E-state index contributed by atoms with van der Waals surface area (Å²) in [5, 5.41) is 7.55. The van der Waals surface area contributed by atoms with Crippen molar-refractivity contribution >= 4 is 29.4 Å². The van der Waals surface area contributed by atoms with Gasteiger partial charge in [-0.15, -0.1) is 12.4 Å². The second-order valence-electron chi connectivity index (χ2n) is 6.41. The highest BCUT2D eigenvalue weighted by Crippen LogP contribution is 2.31. The van der Waals surface area contributed by atoms with Gasteiger partial charge in [0.1, 0.15) is 0 Å². The molecule has 3 rings (SSSR count). The predicted octanol–water partition coefficient (Wildman–Crippen LogP) is 2.54. The number of halogens is 1. The number of amides is 1. The van der Waals surface area contributed by atoms with E-state index >= 15 is 0 Å². The van der Waals surface area contributed by atoms with Crippen LogP contribution in [0.1, 0.15) is 54.4 Å². The summed E-state index contributed by atoms with van der Waals surface area (Å²) >= 11 is 0. The Hall–Kier alpha value is -1.66. The molecule has 7 heteroatoms. The van der Waals surface area contributed by atoms with Crippen molar-refractivity contribution in [3.05, 3.63) is 23.0 Å². The lowest BCUT2D eigenvalue weighted by Gasteiger charge is -2.13. The molecule has 1 amide bonds. The van der Waals surface area contributed by atoms with Crippen LogP contribution in [0.2, 0.25) is 0 Å². The molecule has 1 unspecified atom stereocenters. The van der Waals surface area contributed by atoms with E-state index in [-0.39, 0.29) is 30.3 Å². The van der Waals surface area contributed by atoms with Crippen LogP contribution in [0.15, 0.2) is 10.6 Å². The molecule has 6 nitrogen and oxygen atoms in total. The first-order valence-corrected chi connectivity index (χ1v) is 7.78. The van der Waals surface area contributed by atoms with E-state index in [2.05, 4.69) is 15.5 Å². The Morgan fingerprint density at radius 1 is 1.48 bits per heavy atom. The smallest absolute Gasteiger partial charge is 0.259 e. The number of nitrogens with two attached hydrogens (primary N) is 1. The molecule has 2 aromatic rings. The van der Waals surface area contributed by atoms with Gasteiger partial charge >= 0.3 is 0 Å². The highest BCUT2D eigenvalue weighted by atomic mass is 35.5. The molecule has 1 aliphatic carbocycles. The Morgan fingerprint density at radius 3 is 2.78 bits per heavy atom. The van der Waals surface area contributed by atoms with Crippen molar-refractivity contribution in [3.63, 3.8) is 0 Å². The van der Waals surface area contributed by atoms with Gasteiger partial charge in [0.15, 0.2) is 0 Å². The molecular weight excluding hydrogens is 316 g/mol. The van der Waals surface area contributed by atoms with Crippen molar-refractivity contribution in [2.75, 3.05) is 6.54 Å². The Kier molecular flexibility index (Phi) is 5.26. The third-order valence-corrected chi connectivity index (χ3v) is 4.20. The van der Waals surface area contributed by atoms with Gasteiger partial charge in [-0.25, -0.2) is 4.98 Å². The SMILES string of the molecule is Cc1noc2nc(C(C)C)cc(C(=O)NCC(N)C3CC3)c12.Cl. The largest absolute Gasteiger partial charge is 0.350 e.